The molecule has 0 aliphatic heterocycles. The van der Waals surface area contributed by atoms with Gasteiger partial charge in [0.05, 0.1) is 21.8 Å². The third-order valence-electron chi connectivity index (χ3n) is 5.88. The molecule has 2 amide bonds. The third kappa shape index (κ3) is 5.72. The predicted octanol–water partition coefficient (Wildman–Crippen LogP) is 8.89. The fraction of sp³-hybridized carbons (Fsp3) is 0.200. The van der Waals surface area contributed by atoms with Crippen molar-refractivity contribution in [2.45, 2.75) is 23.9 Å². The van der Waals surface area contributed by atoms with Crippen LogP contribution in [0, 0.1) is 11.6 Å². The van der Waals surface area contributed by atoms with Crippen molar-refractivity contribution in [1.29, 1.82) is 0 Å². The quantitative estimate of drug-likeness (QED) is 0.187. The number of halogens is 13. The largest absolute Gasteiger partial charge is 0.457 e. The highest BCUT2D eigenvalue weighted by Crippen LogP contribution is 2.58. The summed E-state index contributed by atoms with van der Waals surface area (Å²) < 4.78 is 149. The van der Waals surface area contributed by atoms with Crippen molar-refractivity contribution in [2.24, 2.45) is 0 Å². The fourth-order valence-corrected chi connectivity index (χ4v) is 4.96. The second-order valence-corrected chi connectivity index (χ2v) is 10.1. The summed E-state index contributed by atoms with van der Waals surface area (Å²) in [5.74, 6) is -11.4. The minimum absolute atomic E-state index is 0.000589. The van der Waals surface area contributed by atoms with Crippen molar-refractivity contribution in [3.8, 4) is 0 Å². The Morgan fingerprint density at radius 3 is 1.79 bits per heavy atom. The summed E-state index contributed by atoms with van der Waals surface area (Å²) in [5, 5.41) is 0. The van der Waals surface area contributed by atoms with Crippen molar-refractivity contribution in [1.82, 2.24) is 0 Å². The first kappa shape index (κ1) is 33.3. The van der Waals surface area contributed by atoms with Gasteiger partial charge in [-0.25, -0.2) is 17.1 Å². The molecule has 0 bridgehead atoms. The molecule has 3 rings (SSSR count). The van der Waals surface area contributed by atoms with E-state index in [1.54, 1.807) is 0 Å². The highest BCUT2D eigenvalue weighted by molar-refractivity contribution is 9.11. The molecule has 42 heavy (non-hydrogen) atoms. The molecule has 0 aliphatic carbocycles. The molecule has 3 aromatic rings. The van der Waals surface area contributed by atoms with E-state index in [0.717, 1.165) is 36.2 Å². The summed E-state index contributed by atoms with van der Waals surface area (Å²) in [4.78, 5) is 26.6. The zero-order valence-electron chi connectivity index (χ0n) is 20.4. The summed E-state index contributed by atoms with van der Waals surface area (Å²) in [5.41, 5.74) is -9.93. The highest BCUT2D eigenvalue weighted by atomic mass is 79.9. The number of rotatable bonds is 6. The van der Waals surface area contributed by atoms with Crippen LogP contribution in [0.1, 0.15) is 26.3 Å². The lowest BCUT2D eigenvalue weighted by Gasteiger charge is -2.36. The molecule has 1 atom stereocenters. The van der Waals surface area contributed by atoms with E-state index in [2.05, 4.69) is 32.1 Å². The minimum Gasteiger partial charge on any atom is -0.311 e. The number of hydrogen-bond acceptors (Lipinski definition) is 2. The first-order valence-electron chi connectivity index (χ1n) is 11.0. The van der Waals surface area contributed by atoms with E-state index in [0.29, 0.717) is 9.99 Å². The molecule has 0 radical (unpaired) electrons. The Hall–Kier alpha value is -3.21. The maximum atomic E-state index is 14.8. The van der Waals surface area contributed by atoms with Gasteiger partial charge in [0.1, 0.15) is 17.2 Å². The normalized spacial score (nSPS) is 13.9. The van der Waals surface area contributed by atoms with Gasteiger partial charge in [-0.15, -0.1) is 0 Å². The third-order valence-corrected chi connectivity index (χ3v) is 7.22. The van der Waals surface area contributed by atoms with Gasteiger partial charge in [0.25, 0.3) is 11.8 Å². The average molecular weight is 742 g/mol. The molecule has 0 saturated carbocycles. The second-order valence-electron chi connectivity index (χ2n) is 8.49. The molecular formula is C25H13Br2F11N2O2. The Balaban J connectivity index is 1.97. The molecule has 0 spiro atoms. The average Bonchev–Trinajstić information content (AvgIpc) is 2.89. The Morgan fingerprint density at radius 1 is 0.738 bits per heavy atom. The molecule has 1 unspecified atom stereocenters. The zero-order chi connectivity index (χ0) is 32.0. The highest BCUT2D eigenvalue weighted by Gasteiger charge is 2.81. The molecule has 0 N–H and O–H groups in total. The molecular weight excluding hydrogens is 729 g/mol. The Labute approximate surface area is 246 Å². The van der Waals surface area contributed by atoms with Gasteiger partial charge >= 0.3 is 23.9 Å². The standard InChI is InChI=1S/C25H13Br2F11N2O2/c1-39(21(42)19-16(28)6-3-7-17(19)29)14-5-2-4-12(10-14)20(41)40(27)18-9-8-13(11-15(18)26)22(30,24(33,34)35)23(31,32)25(36,37)38/h2-11H,1H3. The van der Waals surface area contributed by atoms with Crippen LogP contribution in [0.2, 0.25) is 0 Å². The first-order valence-corrected chi connectivity index (χ1v) is 12.5. The predicted molar refractivity (Wildman–Crippen MR) is 135 cm³/mol. The van der Waals surface area contributed by atoms with Crippen LogP contribution in [-0.4, -0.2) is 37.1 Å². The van der Waals surface area contributed by atoms with Crippen LogP contribution in [-0.2, 0) is 5.67 Å². The number of amides is 2. The molecule has 226 valence electrons. The number of anilines is 2. The van der Waals surface area contributed by atoms with Crippen LogP contribution in [0.3, 0.4) is 0 Å². The van der Waals surface area contributed by atoms with Gasteiger partial charge in [0.2, 0.25) is 0 Å². The lowest BCUT2D eigenvalue weighted by Crippen LogP contribution is -2.59. The van der Waals surface area contributed by atoms with E-state index in [4.69, 9.17) is 0 Å². The summed E-state index contributed by atoms with van der Waals surface area (Å²) in [6, 6.07) is 8.02. The lowest BCUT2D eigenvalue weighted by atomic mass is 9.87. The number of nitrogens with zero attached hydrogens (tertiary/aromatic N) is 2. The van der Waals surface area contributed by atoms with Crippen LogP contribution < -0.4 is 8.83 Å². The van der Waals surface area contributed by atoms with Crippen LogP contribution >= 0.6 is 32.1 Å². The van der Waals surface area contributed by atoms with Gasteiger partial charge in [0, 0.05) is 28.3 Å². The van der Waals surface area contributed by atoms with E-state index in [9.17, 15) is 57.9 Å². The second kappa shape index (κ2) is 11.5. The van der Waals surface area contributed by atoms with Crippen molar-refractivity contribution in [3.05, 3.63) is 93.5 Å². The molecule has 0 aromatic heterocycles. The van der Waals surface area contributed by atoms with E-state index >= 15 is 0 Å². The zero-order valence-corrected chi connectivity index (χ0v) is 23.6. The SMILES string of the molecule is CN(C(=O)c1c(F)cccc1F)c1cccc(C(=O)N(Br)c2ccc(C(F)(C(F)(F)F)C(F)(F)C(F)(F)F)cc2Br)c1. The minimum atomic E-state index is -6.92. The van der Waals surface area contributed by atoms with Gasteiger partial charge in [-0.3, -0.25) is 9.59 Å². The monoisotopic (exact) mass is 740 g/mol. The number of hydrogen-bond donors (Lipinski definition) is 0. The van der Waals surface area contributed by atoms with Crippen molar-refractivity contribution < 1.29 is 57.9 Å². The Morgan fingerprint density at radius 2 is 1.29 bits per heavy atom. The fourth-order valence-electron chi connectivity index (χ4n) is 3.66. The summed E-state index contributed by atoms with van der Waals surface area (Å²) in [6.07, 6.45) is -13.6. The van der Waals surface area contributed by atoms with Crippen LogP contribution in [0.25, 0.3) is 0 Å². The van der Waals surface area contributed by atoms with E-state index in [1.165, 1.54) is 18.2 Å². The molecule has 0 aliphatic rings. The first-order chi connectivity index (χ1) is 19.2. The van der Waals surface area contributed by atoms with Gasteiger partial charge in [-0.05, 0) is 58.4 Å². The van der Waals surface area contributed by atoms with Gasteiger partial charge in [-0.2, -0.15) is 35.1 Å². The van der Waals surface area contributed by atoms with Crippen LogP contribution in [0.5, 0.6) is 0 Å². The topological polar surface area (TPSA) is 40.6 Å². The van der Waals surface area contributed by atoms with Crippen LogP contribution in [0.15, 0.2) is 65.1 Å². The smallest absolute Gasteiger partial charge is 0.311 e. The molecule has 0 heterocycles. The van der Waals surface area contributed by atoms with Crippen LogP contribution in [0.4, 0.5) is 59.7 Å². The Bertz CT molecular complexity index is 1510. The molecule has 3 aromatic carbocycles. The number of carbonyl (C=O) groups excluding carboxylic acids is 2. The summed E-state index contributed by atoms with van der Waals surface area (Å²) in [7, 11) is 1.14. The Kier molecular flexibility index (Phi) is 9.09. The molecule has 0 fully saturated rings. The summed E-state index contributed by atoms with van der Waals surface area (Å²) in [6.45, 7) is 0. The maximum absolute atomic E-state index is 14.8. The van der Waals surface area contributed by atoms with Crippen molar-refractivity contribution in [3.63, 3.8) is 0 Å². The molecule has 4 nitrogen and oxygen atoms in total. The lowest BCUT2D eigenvalue weighted by molar-refractivity contribution is -0.389. The van der Waals surface area contributed by atoms with Gasteiger partial charge < -0.3 is 4.90 Å². The van der Waals surface area contributed by atoms with E-state index in [-0.39, 0.29) is 23.4 Å². The number of benzene rings is 3. The number of carbonyl (C=O) groups is 2. The number of alkyl halides is 9. The molecule has 0 saturated heterocycles. The van der Waals surface area contributed by atoms with E-state index < -0.39 is 68.7 Å². The molecule has 17 heteroatoms. The summed E-state index contributed by atoms with van der Waals surface area (Å²) >= 11 is 5.45. The van der Waals surface area contributed by atoms with Crippen molar-refractivity contribution in [2.75, 3.05) is 15.9 Å². The van der Waals surface area contributed by atoms with Gasteiger partial charge in [-0.1, -0.05) is 18.2 Å². The van der Waals surface area contributed by atoms with E-state index in [1.807, 2.05) is 0 Å². The van der Waals surface area contributed by atoms with Gasteiger partial charge in [0.15, 0.2) is 0 Å². The van der Waals surface area contributed by atoms with Crippen molar-refractivity contribution >= 4 is 55.3 Å². The maximum Gasteiger partial charge on any atom is 0.457 e.